The fourth-order valence-corrected chi connectivity index (χ4v) is 0. The summed E-state index contributed by atoms with van der Waals surface area (Å²) in [7, 11) is 0. The van der Waals surface area contributed by atoms with Gasteiger partial charge in [0.05, 0.1) is 5.44 Å². The molecule has 0 saturated carbocycles. The Morgan fingerprint density at radius 1 is 1.75 bits per heavy atom. The fourth-order valence-electron chi connectivity index (χ4n) is 0. The summed E-state index contributed by atoms with van der Waals surface area (Å²) in [5.74, 6) is 0. The smallest absolute Gasteiger partial charge is 0.309 e. The second kappa shape index (κ2) is 6.58. The number of primary amides is 2. The number of rotatable bonds is 0. The zero-order chi connectivity index (χ0) is 7.15. The molecule has 0 saturated heterocycles. The number of aliphatic hydroxyl groups is 1. The minimum absolute atomic E-state index is 0.472. The van der Waals surface area contributed by atoms with E-state index in [2.05, 4.69) is 24.1 Å². The Morgan fingerprint density at radius 2 is 1.75 bits per heavy atom. The normalized spacial score (nSPS) is 10.9. The highest BCUT2D eigenvalue weighted by atomic mass is 32.1. The van der Waals surface area contributed by atoms with Crippen molar-refractivity contribution in [1.29, 1.82) is 0 Å². The van der Waals surface area contributed by atoms with Crippen LogP contribution in [0.25, 0.3) is 0 Å². The number of urea groups is 1. The average Bonchev–Trinajstić information content (AvgIpc) is 1.25. The number of amides is 2. The molecule has 0 aromatic rings. The van der Waals surface area contributed by atoms with Crippen LogP contribution in [0.4, 0.5) is 4.79 Å². The summed E-state index contributed by atoms with van der Waals surface area (Å²) in [4.78, 5) is 9.00. The third kappa shape index (κ3) is 664. The van der Waals surface area contributed by atoms with Gasteiger partial charge in [-0.1, -0.05) is 0 Å². The van der Waals surface area contributed by atoms with E-state index in [4.69, 9.17) is 9.90 Å². The molecule has 0 aliphatic carbocycles. The Bertz CT molecular complexity index is 59.5. The first-order valence-corrected chi connectivity index (χ1v) is 2.39. The van der Waals surface area contributed by atoms with Crippen molar-refractivity contribution < 1.29 is 9.90 Å². The van der Waals surface area contributed by atoms with Crippen molar-refractivity contribution in [2.24, 2.45) is 11.5 Å². The molecule has 0 fully saturated rings. The molecule has 0 rings (SSSR count). The topological polar surface area (TPSA) is 89.3 Å². The third-order valence-corrected chi connectivity index (χ3v) is 0. The van der Waals surface area contributed by atoms with Crippen molar-refractivity contribution in [2.45, 2.75) is 12.4 Å². The van der Waals surface area contributed by atoms with Gasteiger partial charge in [0.2, 0.25) is 0 Å². The van der Waals surface area contributed by atoms with Crippen molar-refractivity contribution in [1.82, 2.24) is 0 Å². The van der Waals surface area contributed by atoms with E-state index in [9.17, 15) is 0 Å². The fraction of sp³-hybridized carbons (Fsp3) is 0.667. The monoisotopic (exact) mass is 138 g/mol. The first-order chi connectivity index (χ1) is 3.46. The maximum absolute atomic E-state index is 9.00. The lowest BCUT2D eigenvalue weighted by Crippen LogP contribution is -2.18. The van der Waals surface area contributed by atoms with Crippen molar-refractivity contribution in [3.05, 3.63) is 0 Å². The van der Waals surface area contributed by atoms with E-state index >= 15 is 0 Å². The average molecular weight is 138 g/mol. The van der Waals surface area contributed by atoms with Gasteiger partial charge in [0, 0.05) is 0 Å². The van der Waals surface area contributed by atoms with Crippen LogP contribution >= 0.6 is 12.6 Å². The van der Waals surface area contributed by atoms with Crippen molar-refractivity contribution in [3.63, 3.8) is 0 Å². The molecule has 50 valence electrons. The van der Waals surface area contributed by atoms with Gasteiger partial charge in [0.1, 0.15) is 0 Å². The van der Waals surface area contributed by atoms with Gasteiger partial charge in [-0.15, -0.1) is 12.6 Å². The van der Waals surface area contributed by atoms with Gasteiger partial charge in [-0.25, -0.2) is 4.79 Å². The van der Waals surface area contributed by atoms with Crippen LogP contribution in [-0.2, 0) is 0 Å². The number of carbonyl (C=O) groups excluding carboxylic acids is 1. The Labute approximate surface area is 53.3 Å². The zero-order valence-electron chi connectivity index (χ0n) is 4.53. The van der Waals surface area contributed by atoms with Crippen molar-refractivity contribution >= 4 is 18.7 Å². The molecule has 5 N–H and O–H groups in total. The first kappa shape index (κ1) is 10.5. The molecule has 0 aliphatic rings. The summed E-state index contributed by atoms with van der Waals surface area (Å²) in [6, 6.07) is -0.833. The predicted molar refractivity (Wildman–Crippen MR) is 34.4 cm³/mol. The van der Waals surface area contributed by atoms with E-state index in [0.717, 1.165) is 0 Å². The van der Waals surface area contributed by atoms with Gasteiger partial charge in [-0.3, -0.25) is 0 Å². The number of aliphatic hydroxyl groups excluding tert-OH is 1. The van der Waals surface area contributed by atoms with E-state index in [1.165, 1.54) is 0 Å². The lowest BCUT2D eigenvalue weighted by molar-refractivity contribution is 0.256. The van der Waals surface area contributed by atoms with E-state index in [-0.39, 0.29) is 0 Å². The van der Waals surface area contributed by atoms with Gasteiger partial charge in [0.15, 0.2) is 0 Å². The number of hydrogen-bond acceptors (Lipinski definition) is 3. The number of carbonyl (C=O) groups is 1. The van der Waals surface area contributed by atoms with Crippen LogP contribution in [0.1, 0.15) is 6.92 Å². The molecule has 0 aromatic heterocycles. The maximum Gasteiger partial charge on any atom is 0.309 e. The molecule has 0 aliphatic heterocycles. The zero-order valence-corrected chi connectivity index (χ0v) is 5.43. The molecule has 8 heavy (non-hydrogen) atoms. The second-order valence-electron chi connectivity index (χ2n) is 1.03. The molecule has 0 bridgehead atoms. The molecular weight excluding hydrogens is 128 g/mol. The summed E-state index contributed by atoms with van der Waals surface area (Å²) < 4.78 is 0. The lowest BCUT2D eigenvalue weighted by atomic mass is 10.9. The summed E-state index contributed by atoms with van der Waals surface area (Å²) >= 11 is 3.52. The molecular formula is C3H10N2O2S. The van der Waals surface area contributed by atoms with Crippen LogP contribution in [0.5, 0.6) is 0 Å². The Morgan fingerprint density at radius 3 is 1.75 bits per heavy atom. The minimum atomic E-state index is -0.833. The quantitative estimate of drug-likeness (QED) is 0.263. The Balaban J connectivity index is 0. The molecule has 0 spiro atoms. The van der Waals surface area contributed by atoms with Gasteiger partial charge in [-0.2, -0.15) is 0 Å². The summed E-state index contributed by atoms with van der Waals surface area (Å²) in [6.45, 7) is 1.59. The highest BCUT2D eigenvalue weighted by Crippen LogP contribution is 1.78. The van der Waals surface area contributed by atoms with Crippen LogP contribution < -0.4 is 11.5 Å². The molecule has 0 heterocycles. The maximum atomic E-state index is 9.00. The van der Waals surface area contributed by atoms with E-state index in [0.29, 0.717) is 0 Å². The van der Waals surface area contributed by atoms with E-state index < -0.39 is 11.5 Å². The molecule has 5 heteroatoms. The number of hydrogen-bond donors (Lipinski definition) is 4. The van der Waals surface area contributed by atoms with Crippen molar-refractivity contribution in [2.75, 3.05) is 0 Å². The number of nitrogens with two attached hydrogens (primary N) is 2. The number of thiol groups is 1. The van der Waals surface area contributed by atoms with Crippen LogP contribution in [0, 0.1) is 0 Å². The van der Waals surface area contributed by atoms with Gasteiger partial charge >= 0.3 is 6.03 Å². The molecule has 1 unspecified atom stereocenters. The molecule has 0 aromatic carbocycles. The van der Waals surface area contributed by atoms with Gasteiger partial charge in [0.25, 0.3) is 0 Å². The standard InChI is InChI=1S/C2H6OS.CH4N2O/c1-2(3)4;2-1(3)4/h2-4H,1H3;(H4,2,3,4). The molecule has 0 radical (unpaired) electrons. The minimum Gasteiger partial charge on any atom is -0.383 e. The first-order valence-electron chi connectivity index (χ1n) is 1.88. The summed E-state index contributed by atoms with van der Waals surface area (Å²) in [5, 5.41) is 7.92. The summed E-state index contributed by atoms with van der Waals surface area (Å²) in [5.41, 5.74) is 8.03. The summed E-state index contributed by atoms with van der Waals surface area (Å²) in [6.07, 6.45) is 0. The second-order valence-corrected chi connectivity index (χ2v) is 1.78. The van der Waals surface area contributed by atoms with Crippen LogP contribution in [0.3, 0.4) is 0 Å². The SMILES string of the molecule is CC(O)S.NC(N)=O. The van der Waals surface area contributed by atoms with Crippen LogP contribution in [0.2, 0.25) is 0 Å². The Hall–Kier alpha value is -0.420. The van der Waals surface area contributed by atoms with Crippen LogP contribution in [0.15, 0.2) is 0 Å². The highest BCUT2D eigenvalue weighted by molar-refractivity contribution is 7.80. The lowest BCUT2D eigenvalue weighted by Gasteiger charge is -1.79. The van der Waals surface area contributed by atoms with E-state index in [1.54, 1.807) is 6.92 Å². The third-order valence-electron chi connectivity index (χ3n) is 0. The van der Waals surface area contributed by atoms with Crippen LogP contribution in [-0.4, -0.2) is 16.6 Å². The van der Waals surface area contributed by atoms with Crippen molar-refractivity contribution in [3.8, 4) is 0 Å². The predicted octanol–water partition coefficient (Wildman–Crippen LogP) is -0.722. The van der Waals surface area contributed by atoms with Gasteiger partial charge in [-0.05, 0) is 6.92 Å². The van der Waals surface area contributed by atoms with E-state index in [1.807, 2.05) is 0 Å². The molecule has 2 amide bonds. The molecule has 4 nitrogen and oxygen atoms in total. The van der Waals surface area contributed by atoms with Gasteiger partial charge < -0.3 is 16.6 Å². The Kier molecular flexibility index (Phi) is 8.67. The molecule has 1 atom stereocenters. The largest absolute Gasteiger partial charge is 0.383 e. The highest BCUT2D eigenvalue weighted by Gasteiger charge is 1.70.